The number of benzene rings is 2. The summed E-state index contributed by atoms with van der Waals surface area (Å²) in [7, 11) is 0. The molecule has 1 fully saturated rings. The van der Waals surface area contributed by atoms with Crippen molar-refractivity contribution in [3.8, 4) is 11.3 Å². The van der Waals surface area contributed by atoms with E-state index < -0.39 is 5.91 Å². The molecule has 2 aromatic carbocycles. The molecule has 0 bridgehead atoms. The minimum atomic E-state index is -0.407. The van der Waals surface area contributed by atoms with Gasteiger partial charge in [0.1, 0.15) is 0 Å². The molecule has 1 aliphatic rings. The highest BCUT2D eigenvalue weighted by atomic mass is 32.1. The van der Waals surface area contributed by atoms with Gasteiger partial charge in [0.25, 0.3) is 0 Å². The van der Waals surface area contributed by atoms with Gasteiger partial charge in [-0.15, -0.1) is 0 Å². The molecule has 3 N–H and O–H groups in total. The second kappa shape index (κ2) is 5.93. The summed E-state index contributed by atoms with van der Waals surface area (Å²) in [6, 6.07) is 14.7. The van der Waals surface area contributed by atoms with Crippen LogP contribution >= 0.6 is 11.3 Å². The Morgan fingerprint density at radius 1 is 1.23 bits per heavy atom. The van der Waals surface area contributed by atoms with E-state index in [9.17, 15) is 4.79 Å². The SMILES string of the molecule is NC(=O)c1ccc2c(c1)sc1nc(-c3ccc(C4CCCN4)cc3)cn12. The van der Waals surface area contributed by atoms with Gasteiger partial charge in [0, 0.05) is 23.4 Å². The molecule has 130 valence electrons. The standard InChI is InChI=1S/C20H18N4OS/c21-19(25)14-7-8-17-18(10-14)26-20-23-16(11-24(17)20)13-5-3-12(4-6-13)15-2-1-9-22-15/h3-8,10-11,15,22H,1-2,9H2,(H2,21,25). The maximum absolute atomic E-state index is 11.4. The van der Waals surface area contributed by atoms with E-state index in [1.165, 1.54) is 18.4 Å². The summed E-state index contributed by atoms with van der Waals surface area (Å²) in [5.74, 6) is -0.407. The Morgan fingerprint density at radius 3 is 2.81 bits per heavy atom. The molecule has 0 spiro atoms. The smallest absolute Gasteiger partial charge is 0.248 e. The lowest BCUT2D eigenvalue weighted by Crippen LogP contribution is -2.12. The van der Waals surface area contributed by atoms with Crippen molar-refractivity contribution in [1.82, 2.24) is 14.7 Å². The van der Waals surface area contributed by atoms with E-state index >= 15 is 0 Å². The number of imidazole rings is 1. The molecule has 1 aliphatic heterocycles. The quantitative estimate of drug-likeness (QED) is 0.583. The van der Waals surface area contributed by atoms with E-state index in [1.807, 2.05) is 12.1 Å². The molecule has 1 atom stereocenters. The van der Waals surface area contributed by atoms with Gasteiger partial charge < -0.3 is 11.1 Å². The fourth-order valence-electron chi connectivity index (χ4n) is 3.65. The van der Waals surface area contributed by atoms with Gasteiger partial charge in [-0.1, -0.05) is 35.6 Å². The van der Waals surface area contributed by atoms with Gasteiger partial charge in [-0.2, -0.15) is 0 Å². The first-order valence-electron chi connectivity index (χ1n) is 8.74. The minimum Gasteiger partial charge on any atom is -0.366 e. The molecule has 1 amide bonds. The van der Waals surface area contributed by atoms with Gasteiger partial charge in [0.2, 0.25) is 5.91 Å². The molecule has 6 heteroatoms. The molecule has 1 saturated heterocycles. The zero-order chi connectivity index (χ0) is 17.7. The van der Waals surface area contributed by atoms with Crippen LogP contribution < -0.4 is 11.1 Å². The van der Waals surface area contributed by atoms with Crippen molar-refractivity contribution >= 4 is 32.4 Å². The number of rotatable bonds is 3. The first-order valence-corrected chi connectivity index (χ1v) is 9.56. The first kappa shape index (κ1) is 15.5. The number of carbonyl (C=O) groups excluding carboxylic acids is 1. The average molecular weight is 362 g/mol. The van der Waals surface area contributed by atoms with Gasteiger partial charge in [0.05, 0.1) is 15.9 Å². The molecule has 0 saturated carbocycles. The molecule has 4 aromatic rings. The largest absolute Gasteiger partial charge is 0.366 e. The average Bonchev–Trinajstić information content (AvgIpc) is 3.37. The number of fused-ring (bicyclic) bond motifs is 3. The van der Waals surface area contributed by atoms with E-state index in [0.717, 1.165) is 33.0 Å². The maximum atomic E-state index is 11.4. The monoisotopic (exact) mass is 362 g/mol. The Kier molecular flexibility index (Phi) is 3.55. The molecular weight excluding hydrogens is 344 g/mol. The van der Waals surface area contributed by atoms with E-state index in [-0.39, 0.29) is 0 Å². The summed E-state index contributed by atoms with van der Waals surface area (Å²) in [4.78, 5) is 17.0. The summed E-state index contributed by atoms with van der Waals surface area (Å²) >= 11 is 1.57. The van der Waals surface area contributed by atoms with E-state index in [4.69, 9.17) is 10.7 Å². The number of thiazole rings is 1. The number of nitrogens with zero attached hydrogens (tertiary/aromatic N) is 2. The van der Waals surface area contributed by atoms with E-state index in [0.29, 0.717) is 11.6 Å². The Balaban J connectivity index is 1.52. The first-order chi connectivity index (χ1) is 12.7. The van der Waals surface area contributed by atoms with Crippen LogP contribution in [0.4, 0.5) is 0 Å². The Labute approximate surface area is 154 Å². The fourth-order valence-corrected chi connectivity index (χ4v) is 4.70. The number of hydrogen-bond acceptors (Lipinski definition) is 4. The second-order valence-corrected chi connectivity index (χ2v) is 7.71. The molecule has 5 nitrogen and oxygen atoms in total. The zero-order valence-electron chi connectivity index (χ0n) is 14.1. The predicted molar refractivity (Wildman–Crippen MR) is 105 cm³/mol. The third-order valence-corrected chi connectivity index (χ3v) is 6.07. The summed E-state index contributed by atoms with van der Waals surface area (Å²) < 4.78 is 3.09. The van der Waals surface area contributed by atoms with Crippen molar-refractivity contribution in [3.05, 3.63) is 59.8 Å². The van der Waals surface area contributed by atoms with Crippen LogP contribution in [0.15, 0.2) is 48.7 Å². The molecule has 0 radical (unpaired) electrons. The lowest BCUT2D eigenvalue weighted by Gasteiger charge is -2.10. The second-order valence-electron chi connectivity index (χ2n) is 6.70. The van der Waals surface area contributed by atoms with Crippen LogP contribution in [0.25, 0.3) is 26.4 Å². The molecule has 3 heterocycles. The highest BCUT2D eigenvalue weighted by molar-refractivity contribution is 7.23. The Bertz CT molecular complexity index is 1120. The normalized spacial score (nSPS) is 17.3. The topological polar surface area (TPSA) is 72.4 Å². The lowest BCUT2D eigenvalue weighted by atomic mass is 10.0. The van der Waals surface area contributed by atoms with Crippen molar-refractivity contribution in [3.63, 3.8) is 0 Å². The molecule has 0 aliphatic carbocycles. The van der Waals surface area contributed by atoms with Gasteiger partial charge in [-0.3, -0.25) is 9.20 Å². The Hall–Kier alpha value is -2.70. The van der Waals surface area contributed by atoms with Crippen LogP contribution in [0.5, 0.6) is 0 Å². The number of amides is 1. The van der Waals surface area contributed by atoms with Gasteiger partial charge in [-0.05, 0) is 43.1 Å². The van der Waals surface area contributed by atoms with Crippen molar-refractivity contribution < 1.29 is 4.79 Å². The Morgan fingerprint density at radius 2 is 2.08 bits per heavy atom. The van der Waals surface area contributed by atoms with Crippen molar-refractivity contribution in [1.29, 1.82) is 0 Å². The molecular formula is C20H18N4OS. The number of primary amides is 1. The third kappa shape index (κ3) is 2.50. The summed E-state index contributed by atoms with van der Waals surface area (Å²) in [6.45, 7) is 1.11. The van der Waals surface area contributed by atoms with Crippen LogP contribution in [0.1, 0.15) is 34.8 Å². The van der Waals surface area contributed by atoms with Crippen LogP contribution in [-0.2, 0) is 0 Å². The molecule has 5 rings (SSSR count). The van der Waals surface area contributed by atoms with Gasteiger partial charge in [0.15, 0.2) is 4.96 Å². The lowest BCUT2D eigenvalue weighted by molar-refractivity contribution is 0.100. The number of nitrogens with two attached hydrogens (primary N) is 1. The fraction of sp³-hybridized carbons (Fsp3) is 0.200. The van der Waals surface area contributed by atoms with Crippen molar-refractivity contribution in [2.24, 2.45) is 5.73 Å². The minimum absolute atomic E-state index is 0.407. The molecule has 1 unspecified atom stereocenters. The number of aromatic nitrogens is 2. The number of carbonyl (C=O) groups is 1. The van der Waals surface area contributed by atoms with Crippen molar-refractivity contribution in [2.45, 2.75) is 18.9 Å². The van der Waals surface area contributed by atoms with Crippen LogP contribution in [0, 0.1) is 0 Å². The highest BCUT2D eigenvalue weighted by Crippen LogP contribution is 2.31. The van der Waals surface area contributed by atoms with E-state index in [1.54, 1.807) is 17.4 Å². The molecule has 2 aromatic heterocycles. The van der Waals surface area contributed by atoms with E-state index in [2.05, 4.69) is 40.2 Å². The predicted octanol–water partition coefficient (Wildman–Crippen LogP) is 3.74. The van der Waals surface area contributed by atoms with Gasteiger partial charge >= 0.3 is 0 Å². The summed E-state index contributed by atoms with van der Waals surface area (Å²) in [5.41, 5.74) is 10.4. The summed E-state index contributed by atoms with van der Waals surface area (Å²) in [5, 5.41) is 3.53. The number of hydrogen-bond donors (Lipinski definition) is 2. The molecule has 26 heavy (non-hydrogen) atoms. The van der Waals surface area contributed by atoms with Crippen LogP contribution in [0.2, 0.25) is 0 Å². The summed E-state index contributed by atoms with van der Waals surface area (Å²) in [6.07, 6.45) is 4.51. The van der Waals surface area contributed by atoms with Crippen molar-refractivity contribution in [2.75, 3.05) is 6.54 Å². The highest BCUT2D eigenvalue weighted by Gasteiger charge is 2.16. The van der Waals surface area contributed by atoms with Crippen LogP contribution in [-0.4, -0.2) is 21.8 Å². The van der Waals surface area contributed by atoms with Gasteiger partial charge in [-0.25, -0.2) is 4.98 Å². The third-order valence-electron chi connectivity index (χ3n) is 5.05. The van der Waals surface area contributed by atoms with Crippen LogP contribution in [0.3, 0.4) is 0 Å². The maximum Gasteiger partial charge on any atom is 0.248 e. The number of nitrogens with one attached hydrogen (secondary N) is 1. The zero-order valence-corrected chi connectivity index (χ0v) is 14.9.